The summed E-state index contributed by atoms with van der Waals surface area (Å²) in [6, 6.07) is 0. The second kappa shape index (κ2) is 7.12. The van der Waals surface area contributed by atoms with Crippen LogP contribution in [-0.2, 0) is 15.1 Å². The predicted molar refractivity (Wildman–Crippen MR) is 109 cm³/mol. The lowest BCUT2D eigenvalue weighted by atomic mass is 9.49. The summed E-state index contributed by atoms with van der Waals surface area (Å²) in [6.45, 7) is 0.445. The lowest BCUT2D eigenvalue weighted by Gasteiger charge is -2.55. The zero-order chi connectivity index (χ0) is 19.2. The molecule has 5 aliphatic rings. The van der Waals surface area contributed by atoms with Crippen LogP contribution in [0.3, 0.4) is 0 Å². The maximum atomic E-state index is 13.0. The maximum Gasteiger partial charge on any atom is 0.226 e. The van der Waals surface area contributed by atoms with Crippen LogP contribution < -0.4 is 10.6 Å². The molecule has 0 spiro atoms. The average molecular weight is 402 g/mol. The van der Waals surface area contributed by atoms with Crippen LogP contribution in [0.5, 0.6) is 0 Å². The summed E-state index contributed by atoms with van der Waals surface area (Å²) in [6.07, 6.45) is 13.6. The van der Waals surface area contributed by atoms with Crippen LogP contribution >= 0.6 is 11.3 Å². The molecule has 2 N–H and O–H groups in total. The number of hydrogen-bond acceptors (Lipinski definition) is 4. The average Bonchev–Trinajstić information content (AvgIpc) is 3.33. The second-order valence-electron chi connectivity index (χ2n) is 9.88. The van der Waals surface area contributed by atoms with E-state index in [1.165, 1.54) is 19.3 Å². The maximum absolute atomic E-state index is 13.0. The number of carbonyl (C=O) groups is 2. The van der Waals surface area contributed by atoms with E-state index in [2.05, 4.69) is 15.6 Å². The van der Waals surface area contributed by atoms with Crippen molar-refractivity contribution in [3.05, 3.63) is 16.6 Å². The summed E-state index contributed by atoms with van der Waals surface area (Å²) < 4.78 is 0. The summed E-state index contributed by atoms with van der Waals surface area (Å²) in [7, 11) is 0. The van der Waals surface area contributed by atoms with Gasteiger partial charge in [-0.05, 0) is 69.1 Å². The van der Waals surface area contributed by atoms with Gasteiger partial charge in [-0.1, -0.05) is 12.8 Å². The number of nitrogens with one attached hydrogen (secondary N) is 2. The minimum Gasteiger partial charge on any atom is -0.355 e. The van der Waals surface area contributed by atoms with Crippen molar-refractivity contribution in [2.24, 2.45) is 23.2 Å². The van der Waals surface area contributed by atoms with Crippen molar-refractivity contribution in [2.45, 2.75) is 76.2 Å². The first kappa shape index (κ1) is 18.6. The Kier molecular flexibility index (Phi) is 4.73. The zero-order valence-corrected chi connectivity index (χ0v) is 17.4. The van der Waals surface area contributed by atoms with Crippen LogP contribution in [0.15, 0.2) is 11.6 Å². The first-order chi connectivity index (χ1) is 13.6. The van der Waals surface area contributed by atoms with Gasteiger partial charge in [-0.2, -0.15) is 0 Å². The monoisotopic (exact) mass is 401 g/mol. The smallest absolute Gasteiger partial charge is 0.226 e. The molecule has 2 amide bonds. The minimum absolute atomic E-state index is 0.0305. The summed E-state index contributed by atoms with van der Waals surface area (Å²) in [5.74, 6) is 2.54. The van der Waals surface area contributed by atoms with E-state index in [1.807, 2.05) is 11.6 Å². The van der Waals surface area contributed by atoms with Crippen LogP contribution in [0.1, 0.15) is 75.6 Å². The van der Waals surface area contributed by atoms with Crippen molar-refractivity contribution in [1.82, 2.24) is 15.6 Å². The van der Waals surface area contributed by atoms with Crippen molar-refractivity contribution < 1.29 is 9.59 Å². The van der Waals surface area contributed by atoms with E-state index in [-0.39, 0.29) is 22.8 Å². The molecule has 0 unspecified atom stereocenters. The van der Waals surface area contributed by atoms with Crippen molar-refractivity contribution in [1.29, 1.82) is 0 Å². The topological polar surface area (TPSA) is 71.1 Å². The molecule has 5 aliphatic carbocycles. The largest absolute Gasteiger partial charge is 0.355 e. The lowest BCUT2D eigenvalue weighted by Crippen LogP contribution is -2.54. The van der Waals surface area contributed by atoms with Crippen LogP contribution in [0.2, 0.25) is 0 Å². The molecule has 0 aromatic carbocycles. The Balaban J connectivity index is 1.15. The summed E-state index contributed by atoms with van der Waals surface area (Å²) in [4.78, 5) is 30.1. The normalized spacial score (nSPS) is 35.1. The summed E-state index contributed by atoms with van der Waals surface area (Å²) in [5, 5.41) is 9.40. The molecule has 0 atom stereocenters. The van der Waals surface area contributed by atoms with E-state index in [1.54, 1.807) is 11.3 Å². The van der Waals surface area contributed by atoms with Crippen molar-refractivity contribution >= 4 is 23.2 Å². The molecule has 1 aromatic heterocycles. The van der Waals surface area contributed by atoms with E-state index >= 15 is 0 Å². The molecule has 6 rings (SSSR count). The number of carbonyl (C=O) groups excluding carboxylic acids is 2. The standard InChI is InChI=1S/C22H31N3O2S/c26-18(25-22(4-1-2-5-22)20-24-7-8-28-20)3-6-23-19(27)21-12-15-9-16(13-21)11-17(10-15)14-21/h7-8,15-17H,1-6,9-14H2,(H,23,27)(H,25,26). The summed E-state index contributed by atoms with van der Waals surface area (Å²) in [5.41, 5.74) is -0.409. The van der Waals surface area contributed by atoms with E-state index in [4.69, 9.17) is 0 Å². The fourth-order valence-electron chi connectivity index (χ4n) is 7.03. The molecule has 0 saturated heterocycles. The third kappa shape index (κ3) is 3.27. The highest BCUT2D eigenvalue weighted by atomic mass is 32.1. The molecule has 0 radical (unpaired) electrons. The zero-order valence-electron chi connectivity index (χ0n) is 16.5. The van der Waals surface area contributed by atoms with Crippen LogP contribution in [0.25, 0.3) is 0 Å². The van der Waals surface area contributed by atoms with Crippen molar-refractivity contribution in [3.8, 4) is 0 Å². The Morgan fingerprint density at radius 2 is 1.71 bits per heavy atom. The van der Waals surface area contributed by atoms with E-state index in [0.717, 1.165) is 67.7 Å². The fourth-order valence-corrected chi connectivity index (χ4v) is 7.88. The molecule has 5 fully saturated rings. The molecule has 152 valence electrons. The van der Waals surface area contributed by atoms with Gasteiger partial charge in [0.1, 0.15) is 5.01 Å². The molecular weight excluding hydrogens is 370 g/mol. The van der Waals surface area contributed by atoms with Gasteiger partial charge in [0.2, 0.25) is 11.8 Å². The number of nitrogens with zero attached hydrogens (tertiary/aromatic N) is 1. The molecule has 6 heteroatoms. The molecule has 1 heterocycles. The second-order valence-corrected chi connectivity index (χ2v) is 10.8. The highest BCUT2D eigenvalue weighted by Crippen LogP contribution is 2.60. The van der Waals surface area contributed by atoms with Gasteiger partial charge in [-0.3, -0.25) is 9.59 Å². The Hall–Kier alpha value is -1.43. The number of hydrogen-bond donors (Lipinski definition) is 2. The Labute approximate surface area is 171 Å². The molecule has 5 saturated carbocycles. The van der Waals surface area contributed by atoms with E-state index in [0.29, 0.717) is 13.0 Å². The first-order valence-electron chi connectivity index (χ1n) is 11.1. The van der Waals surface area contributed by atoms with Gasteiger partial charge < -0.3 is 10.6 Å². The van der Waals surface area contributed by atoms with Crippen molar-refractivity contribution in [3.63, 3.8) is 0 Å². The summed E-state index contributed by atoms with van der Waals surface area (Å²) >= 11 is 1.63. The molecule has 28 heavy (non-hydrogen) atoms. The van der Waals surface area contributed by atoms with Crippen LogP contribution in [0, 0.1) is 23.2 Å². The van der Waals surface area contributed by atoms with Gasteiger partial charge in [-0.25, -0.2) is 4.98 Å². The number of amides is 2. The third-order valence-electron chi connectivity index (χ3n) is 7.84. The number of thiazole rings is 1. The predicted octanol–water partition coefficient (Wildman–Crippen LogP) is 3.75. The highest BCUT2D eigenvalue weighted by Gasteiger charge is 2.54. The van der Waals surface area contributed by atoms with Gasteiger partial charge in [0.25, 0.3) is 0 Å². The third-order valence-corrected chi connectivity index (χ3v) is 8.81. The number of aromatic nitrogens is 1. The van der Waals surface area contributed by atoms with E-state index in [9.17, 15) is 9.59 Å². The van der Waals surface area contributed by atoms with Gasteiger partial charge in [0, 0.05) is 30.0 Å². The molecule has 4 bridgehead atoms. The van der Waals surface area contributed by atoms with E-state index < -0.39 is 0 Å². The van der Waals surface area contributed by atoms with Crippen LogP contribution in [0.4, 0.5) is 0 Å². The minimum atomic E-state index is -0.283. The Morgan fingerprint density at radius 3 is 2.29 bits per heavy atom. The lowest BCUT2D eigenvalue weighted by molar-refractivity contribution is -0.146. The Bertz CT molecular complexity index is 704. The SMILES string of the molecule is O=C(CCNC(=O)C12CC3CC(CC(C3)C1)C2)NC1(c2nccs2)CCCC1. The molecule has 5 nitrogen and oxygen atoms in total. The molecule has 0 aliphatic heterocycles. The first-order valence-corrected chi connectivity index (χ1v) is 11.9. The highest BCUT2D eigenvalue weighted by molar-refractivity contribution is 7.09. The van der Waals surface area contributed by atoms with Gasteiger partial charge in [0.05, 0.1) is 5.54 Å². The van der Waals surface area contributed by atoms with Gasteiger partial charge in [-0.15, -0.1) is 11.3 Å². The van der Waals surface area contributed by atoms with Gasteiger partial charge in [0.15, 0.2) is 0 Å². The van der Waals surface area contributed by atoms with Gasteiger partial charge >= 0.3 is 0 Å². The molecule has 1 aromatic rings. The quantitative estimate of drug-likeness (QED) is 0.763. The fraction of sp³-hybridized carbons (Fsp3) is 0.773. The Morgan fingerprint density at radius 1 is 1.07 bits per heavy atom. The van der Waals surface area contributed by atoms with Crippen molar-refractivity contribution in [2.75, 3.05) is 6.54 Å². The molecular formula is C22H31N3O2S. The van der Waals surface area contributed by atoms with Crippen LogP contribution in [-0.4, -0.2) is 23.3 Å². The number of rotatable bonds is 6.